The molecule has 0 aromatic heterocycles. The molecule has 2 rings (SSSR count). The van der Waals surface area contributed by atoms with Crippen LogP contribution in [0.2, 0.25) is 0 Å². The van der Waals surface area contributed by atoms with Crippen LogP contribution in [0.15, 0.2) is 23.1 Å². The fourth-order valence-corrected chi connectivity index (χ4v) is 5.40. The van der Waals surface area contributed by atoms with Crippen LogP contribution in [0.4, 0.5) is 5.69 Å². The molecule has 1 aliphatic heterocycles. The average Bonchev–Trinajstić information content (AvgIpc) is 2.46. The second-order valence-electron chi connectivity index (χ2n) is 5.64. The Hall–Kier alpha value is -1.52. The SMILES string of the molecule is Cc1ccc([N+](=O)[O-])cc1S(=O)(=O)N1CCC(S(C)(=O)=O)CC1. The average molecular weight is 362 g/mol. The molecule has 0 amide bonds. The Labute approximate surface area is 135 Å². The number of nitrogens with zero attached hydrogens (tertiary/aromatic N) is 2. The molecule has 0 radical (unpaired) electrons. The van der Waals surface area contributed by atoms with E-state index in [0.29, 0.717) is 5.56 Å². The van der Waals surface area contributed by atoms with Crippen molar-refractivity contribution in [1.29, 1.82) is 0 Å². The van der Waals surface area contributed by atoms with Gasteiger partial charge in [0.15, 0.2) is 0 Å². The number of non-ortho nitro benzene ring substituents is 1. The highest BCUT2D eigenvalue weighted by molar-refractivity contribution is 7.91. The second-order valence-corrected chi connectivity index (χ2v) is 9.87. The summed E-state index contributed by atoms with van der Waals surface area (Å²) in [5.74, 6) is 0. The summed E-state index contributed by atoms with van der Waals surface area (Å²) >= 11 is 0. The zero-order valence-corrected chi connectivity index (χ0v) is 14.4. The summed E-state index contributed by atoms with van der Waals surface area (Å²) in [5, 5.41) is 10.3. The molecule has 8 nitrogen and oxygen atoms in total. The summed E-state index contributed by atoms with van der Waals surface area (Å²) in [4.78, 5) is 10.1. The highest BCUT2D eigenvalue weighted by Crippen LogP contribution is 2.28. The largest absolute Gasteiger partial charge is 0.270 e. The van der Waals surface area contributed by atoms with Gasteiger partial charge in [-0.25, -0.2) is 16.8 Å². The molecular weight excluding hydrogens is 344 g/mol. The smallest absolute Gasteiger partial charge is 0.258 e. The number of hydrogen-bond acceptors (Lipinski definition) is 6. The van der Waals surface area contributed by atoms with E-state index in [4.69, 9.17) is 0 Å². The number of sulfonamides is 1. The Morgan fingerprint density at radius 3 is 2.22 bits per heavy atom. The fourth-order valence-electron chi connectivity index (χ4n) is 2.62. The zero-order chi connectivity index (χ0) is 17.4. The molecule has 1 fully saturated rings. The van der Waals surface area contributed by atoms with Crippen LogP contribution in [0.1, 0.15) is 18.4 Å². The molecule has 23 heavy (non-hydrogen) atoms. The minimum Gasteiger partial charge on any atom is -0.258 e. The van der Waals surface area contributed by atoms with Gasteiger partial charge in [-0.3, -0.25) is 10.1 Å². The standard InChI is InChI=1S/C13H18N2O6S2/c1-10-3-4-11(15(16)17)9-13(10)23(20,21)14-7-5-12(6-8-14)22(2,18)19/h3-4,9,12H,5-8H2,1-2H3. The van der Waals surface area contributed by atoms with E-state index in [1.54, 1.807) is 6.92 Å². The van der Waals surface area contributed by atoms with Gasteiger partial charge in [0, 0.05) is 31.5 Å². The molecule has 0 unspecified atom stereocenters. The van der Waals surface area contributed by atoms with Gasteiger partial charge >= 0.3 is 0 Å². The van der Waals surface area contributed by atoms with Crippen LogP contribution in [0.3, 0.4) is 0 Å². The van der Waals surface area contributed by atoms with E-state index in [0.717, 1.165) is 12.3 Å². The van der Waals surface area contributed by atoms with Crippen molar-refractivity contribution in [2.24, 2.45) is 0 Å². The third kappa shape index (κ3) is 3.70. The summed E-state index contributed by atoms with van der Waals surface area (Å²) in [6, 6.07) is 3.70. The van der Waals surface area contributed by atoms with Gasteiger partial charge in [0.05, 0.1) is 15.1 Å². The van der Waals surface area contributed by atoms with Gasteiger partial charge in [-0.15, -0.1) is 0 Å². The molecule has 0 spiro atoms. The summed E-state index contributed by atoms with van der Waals surface area (Å²) < 4.78 is 49.7. The number of rotatable bonds is 4. The van der Waals surface area contributed by atoms with E-state index >= 15 is 0 Å². The third-order valence-corrected chi connectivity index (χ3v) is 7.73. The lowest BCUT2D eigenvalue weighted by Crippen LogP contribution is -2.42. The molecule has 0 aliphatic carbocycles. The third-order valence-electron chi connectivity index (χ3n) is 4.01. The zero-order valence-electron chi connectivity index (χ0n) is 12.8. The number of sulfone groups is 1. The van der Waals surface area contributed by atoms with Crippen molar-refractivity contribution < 1.29 is 21.8 Å². The molecule has 0 bridgehead atoms. The highest BCUT2D eigenvalue weighted by Gasteiger charge is 2.34. The predicted octanol–water partition coefficient (Wildman–Crippen LogP) is 1.10. The molecule has 1 aromatic rings. The molecule has 0 N–H and O–H groups in total. The molecule has 1 aromatic carbocycles. The lowest BCUT2D eigenvalue weighted by Gasteiger charge is -2.30. The van der Waals surface area contributed by atoms with Gasteiger partial charge in [-0.1, -0.05) is 6.07 Å². The summed E-state index contributed by atoms with van der Waals surface area (Å²) in [6.45, 7) is 1.74. The van der Waals surface area contributed by atoms with E-state index in [2.05, 4.69) is 0 Å². The van der Waals surface area contributed by atoms with Gasteiger partial charge in [0.1, 0.15) is 9.84 Å². The lowest BCUT2D eigenvalue weighted by molar-refractivity contribution is -0.385. The van der Waals surface area contributed by atoms with Crippen molar-refractivity contribution in [3.63, 3.8) is 0 Å². The van der Waals surface area contributed by atoms with Crippen molar-refractivity contribution in [2.75, 3.05) is 19.3 Å². The van der Waals surface area contributed by atoms with E-state index in [9.17, 15) is 26.9 Å². The van der Waals surface area contributed by atoms with E-state index in [1.807, 2.05) is 0 Å². The second kappa shape index (κ2) is 6.17. The Morgan fingerprint density at radius 1 is 1.17 bits per heavy atom. The van der Waals surface area contributed by atoms with Crippen LogP contribution in [0.5, 0.6) is 0 Å². The molecule has 1 heterocycles. The topological polar surface area (TPSA) is 115 Å². The Kier molecular flexibility index (Phi) is 4.79. The Bertz CT molecular complexity index is 824. The van der Waals surface area contributed by atoms with Gasteiger partial charge in [-0.2, -0.15) is 4.31 Å². The first-order chi connectivity index (χ1) is 10.5. The number of nitro benzene ring substituents is 1. The summed E-state index contributed by atoms with van der Waals surface area (Å²) in [5.41, 5.74) is 0.126. The highest BCUT2D eigenvalue weighted by atomic mass is 32.2. The van der Waals surface area contributed by atoms with Crippen molar-refractivity contribution in [3.8, 4) is 0 Å². The van der Waals surface area contributed by atoms with E-state index in [-0.39, 0.29) is 36.5 Å². The maximum Gasteiger partial charge on any atom is 0.270 e. The molecule has 1 saturated heterocycles. The maximum atomic E-state index is 12.7. The van der Waals surface area contributed by atoms with E-state index in [1.165, 1.54) is 16.4 Å². The van der Waals surface area contributed by atoms with Gasteiger partial charge in [0.25, 0.3) is 5.69 Å². The quantitative estimate of drug-likeness (QED) is 0.585. The number of piperidine rings is 1. The van der Waals surface area contributed by atoms with Gasteiger partial charge in [-0.05, 0) is 25.3 Å². The molecule has 0 saturated carbocycles. The first-order valence-corrected chi connectivity index (χ1v) is 10.4. The van der Waals surface area contributed by atoms with Crippen LogP contribution in [0.25, 0.3) is 0 Å². The van der Waals surface area contributed by atoms with Gasteiger partial charge < -0.3 is 0 Å². The molecule has 10 heteroatoms. The summed E-state index contributed by atoms with van der Waals surface area (Å²) in [7, 11) is -7.08. The molecule has 128 valence electrons. The monoisotopic (exact) mass is 362 g/mol. The van der Waals surface area contributed by atoms with E-state index < -0.39 is 30.0 Å². The minimum absolute atomic E-state index is 0.0855. The van der Waals surface area contributed by atoms with Gasteiger partial charge in [0.2, 0.25) is 10.0 Å². The van der Waals surface area contributed by atoms with Crippen LogP contribution in [-0.2, 0) is 19.9 Å². The van der Waals surface area contributed by atoms with Crippen molar-refractivity contribution >= 4 is 25.5 Å². The Balaban J connectivity index is 2.30. The number of benzene rings is 1. The Morgan fingerprint density at radius 2 is 1.74 bits per heavy atom. The van der Waals surface area contributed by atoms with Crippen molar-refractivity contribution in [3.05, 3.63) is 33.9 Å². The van der Waals surface area contributed by atoms with Crippen LogP contribution < -0.4 is 0 Å². The van der Waals surface area contributed by atoms with Crippen molar-refractivity contribution in [1.82, 2.24) is 4.31 Å². The maximum absolute atomic E-state index is 12.7. The summed E-state index contributed by atoms with van der Waals surface area (Å²) in [6.07, 6.45) is 1.60. The molecule has 0 atom stereocenters. The molecular formula is C13H18N2O6S2. The first-order valence-electron chi connectivity index (χ1n) is 6.97. The fraction of sp³-hybridized carbons (Fsp3) is 0.538. The normalized spacial score (nSPS) is 18.0. The van der Waals surface area contributed by atoms with Crippen LogP contribution in [0, 0.1) is 17.0 Å². The predicted molar refractivity (Wildman–Crippen MR) is 84.5 cm³/mol. The minimum atomic E-state index is -3.88. The molecule has 1 aliphatic rings. The van der Waals surface area contributed by atoms with Crippen LogP contribution >= 0.6 is 0 Å². The number of aryl methyl sites for hydroxylation is 1. The number of nitro groups is 1. The lowest BCUT2D eigenvalue weighted by atomic mass is 10.2. The first kappa shape index (κ1) is 17.8. The number of hydrogen-bond donors (Lipinski definition) is 0. The van der Waals surface area contributed by atoms with Crippen molar-refractivity contribution in [2.45, 2.75) is 29.9 Å². The van der Waals surface area contributed by atoms with Crippen LogP contribution in [-0.4, -0.2) is 50.7 Å².